The van der Waals surface area contributed by atoms with Crippen molar-refractivity contribution in [2.45, 2.75) is 19.0 Å². The maximum atomic E-state index is 12.2. The van der Waals surface area contributed by atoms with Gasteiger partial charge in [-0.3, -0.25) is 4.90 Å². The highest BCUT2D eigenvalue weighted by Gasteiger charge is 2.40. The number of nitrogens with zero attached hydrogens (tertiary/aromatic N) is 3. The molecule has 112 valence electrons. The quantitative estimate of drug-likeness (QED) is 0.840. The number of urea groups is 2. The fourth-order valence-corrected chi connectivity index (χ4v) is 4.14. The number of thiophene rings is 1. The molecule has 4 amide bonds. The number of rotatable bonds is 1. The van der Waals surface area contributed by atoms with Gasteiger partial charge in [0.2, 0.25) is 0 Å². The Hall–Kier alpha value is -1.60. The summed E-state index contributed by atoms with van der Waals surface area (Å²) in [6.07, 6.45) is 1.12. The zero-order valence-electron chi connectivity index (χ0n) is 11.7. The van der Waals surface area contributed by atoms with Crippen molar-refractivity contribution in [2.75, 3.05) is 32.7 Å². The molecule has 0 spiro atoms. The van der Waals surface area contributed by atoms with Crippen LogP contribution in [-0.4, -0.2) is 65.5 Å². The summed E-state index contributed by atoms with van der Waals surface area (Å²) in [6.45, 7) is 4.60. The summed E-state index contributed by atoms with van der Waals surface area (Å²) in [5, 5.41) is 4.83. The van der Waals surface area contributed by atoms with Gasteiger partial charge in [0.05, 0.1) is 0 Å². The maximum absolute atomic E-state index is 12.2. The van der Waals surface area contributed by atoms with E-state index in [0.717, 1.165) is 32.6 Å². The lowest BCUT2D eigenvalue weighted by atomic mass is 10.0. The smallest absolute Gasteiger partial charge is 0.328 e. The van der Waals surface area contributed by atoms with E-state index < -0.39 is 0 Å². The Balaban J connectivity index is 1.33. The van der Waals surface area contributed by atoms with Crippen LogP contribution in [0.4, 0.5) is 9.59 Å². The van der Waals surface area contributed by atoms with Crippen LogP contribution in [-0.2, 0) is 13.0 Å². The topological polar surface area (TPSA) is 55.9 Å². The number of hydrogen-bond donors (Lipinski definition) is 1. The van der Waals surface area contributed by atoms with Crippen LogP contribution in [0.25, 0.3) is 0 Å². The van der Waals surface area contributed by atoms with Crippen LogP contribution in [0.2, 0.25) is 0 Å². The number of imide groups is 1. The molecule has 3 aliphatic rings. The average Bonchev–Trinajstić information content (AvgIpc) is 3.04. The fourth-order valence-electron chi connectivity index (χ4n) is 3.25. The minimum atomic E-state index is -0.260. The molecule has 3 aliphatic heterocycles. The van der Waals surface area contributed by atoms with Crippen LogP contribution in [0.5, 0.6) is 0 Å². The van der Waals surface area contributed by atoms with Crippen molar-refractivity contribution >= 4 is 23.4 Å². The largest absolute Gasteiger partial charge is 0.336 e. The summed E-state index contributed by atoms with van der Waals surface area (Å²) < 4.78 is 0. The molecular weight excluding hydrogens is 288 g/mol. The van der Waals surface area contributed by atoms with Crippen LogP contribution in [0.15, 0.2) is 11.4 Å². The molecule has 6 nitrogen and oxygen atoms in total. The van der Waals surface area contributed by atoms with Crippen molar-refractivity contribution in [3.05, 3.63) is 21.9 Å². The zero-order chi connectivity index (χ0) is 14.4. The van der Waals surface area contributed by atoms with E-state index in [1.54, 1.807) is 4.90 Å². The van der Waals surface area contributed by atoms with Gasteiger partial charge in [0, 0.05) is 50.2 Å². The number of likely N-dealkylation sites (tertiary alicyclic amines) is 1. The molecule has 2 saturated heterocycles. The summed E-state index contributed by atoms with van der Waals surface area (Å²) >= 11 is 1.84. The summed E-state index contributed by atoms with van der Waals surface area (Å²) in [7, 11) is 0. The van der Waals surface area contributed by atoms with Gasteiger partial charge in [0.1, 0.15) is 0 Å². The van der Waals surface area contributed by atoms with Gasteiger partial charge in [-0.2, -0.15) is 0 Å². The van der Waals surface area contributed by atoms with Gasteiger partial charge >= 0.3 is 12.1 Å². The van der Waals surface area contributed by atoms with Gasteiger partial charge in [0.25, 0.3) is 0 Å². The highest BCUT2D eigenvalue weighted by atomic mass is 32.1. The third-order valence-electron chi connectivity index (χ3n) is 4.57. The first-order chi connectivity index (χ1) is 10.2. The summed E-state index contributed by atoms with van der Waals surface area (Å²) in [4.78, 5) is 30.8. The van der Waals surface area contributed by atoms with Crippen molar-refractivity contribution < 1.29 is 9.59 Å². The van der Waals surface area contributed by atoms with Gasteiger partial charge in [-0.05, 0) is 23.4 Å². The third-order valence-corrected chi connectivity index (χ3v) is 5.60. The van der Waals surface area contributed by atoms with Gasteiger partial charge in [0.15, 0.2) is 0 Å². The molecule has 0 unspecified atom stereocenters. The number of carbonyl (C=O) groups excluding carboxylic acids is 2. The van der Waals surface area contributed by atoms with Crippen molar-refractivity contribution in [1.82, 2.24) is 20.0 Å². The average molecular weight is 306 g/mol. The number of nitrogens with one attached hydrogen (secondary N) is 1. The van der Waals surface area contributed by atoms with Gasteiger partial charge in [-0.1, -0.05) is 0 Å². The monoisotopic (exact) mass is 306 g/mol. The second kappa shape index (κ2) is 4.99. The van der Waals surface area contributed by atoms with Crippen LogP contribution in [0, 0.1) is 0 Å². The van der Waals surface area contributed by atoms with Crippen molar-refractivity contribution in [3.63, 3.8) is 0 Å². The molecule has 1 aromatic heterocycles. The standard InChI is InChI=1S/C14H18N4O2S/c19-13-15-3-5-18(13)14(20)17-8-11(9-17)16-4-1-12-10(7-16)2-6-21-12/h2,6,11H,1,3-5,7-9H2,(H,15,19). The predicted octanol–water partition coefficient (Wildman–Crippen LogP) is 0.936. The molecule has 0 bridgehead atoms. The first-order valence-electron chi connectivity index (χ1n) is 7.36. The Morgan fingerprint density at radius 3 is 2.95 bits per heavy atom. The molecule has 1 N–H and O–H groups in total. The van der Waals surface area contributed by atoms with Gasteiger partial charge in [-0.15, -0.1) is 11.3 Å². The molecule has 0 aliphatic carbocycles. The van der Waals surface area contributed by atoms with E-state index in [0.29, 0.717) is 19.1 Å². The first kappa shape index (κ1) is 13.1. The number of fused-ring (bicyclic) bond motifs is 1. The molecule has 0 saturated carbocycles. The highest BCUT2D eigenvalue weighted by Crippen LogP contribution is 2.28. The Morgan fingerprint density at radius 2 is 2.19 bits per heavy atom. The summed E-state index contributed by atoms with van der Waals surface area (Å²) in [5.41, 5.74) is 1.44. The third kappa shape index (κ3) is 2.20. The van der Waals surface area contributed by atoms with E-state index in [-0.39, 0.29) is 12.1 Å². The normalized spacial score (nSPS) is 23.0. The first-order valence-corrected chi connectivity index (χ1v) is 8.24. The summed E-state index contributed by atoms with van der Waals surface area (Å²) in [5.74, 6) is 0. The zero-order valence-corrected chi connectivity index (χ0v) is 12.6. The lowest BCUT2D eigenvalue weighted by molar-refractivity contribution is 0.0409. The minimum absolute atomic E-state index is 0.144. The summed E-state index contributed by atoms with van der Waals surface area (Å²) in [6, 6.07) is 2.24. The van der Waals surface area contributed by atoms with Gasteiger partial charge in [-0.25, -0.2) is 14.5 Å². The van der Waals surface area contributed by atoms with E-state index in [1.165, 1.54) is 15.3 Å². The van der Waals surface area contributed by atoms with Crippen LogP contribution in [0.3, 0.4) is 0 Å². The van der Waals surface area contributed by atoms with E-state index in [2.05, 4.69) is 21.7 Å². The van der Waals surface area contributed by atoms with E-state index in [1.807, 2.05) is 11.3 Å². The van der Waals surface area contributed by atoms with E-state index in [9.17, 15) is 9.59 Å². The lowest BCUT2D eigenvalue weighted by Gasteiger charge is -2.47. The SMILES string of the molecule is O=C1NCCN1C(=O)N1CC(N2CCc3sccc3C2)C1. The molecule has 21 heavy (non-hydrogen) atoms. The Labute approximate surface area is 127 Å². The molecular formula is C14H18N4O2S. The fraction of sp³-hybridized carbons (Fsp3) is 0.571. The highest BCUT2D eigenvalue weighted by molar-refractivity contribution is 7.10. The second-order valence-electron chi connectivity index (χ2n) is 5.81. The molecule has 0 atom stereocenters. The van der Waals surface area contributed by atoms with Gasteiger partial charge < -0.3 is 10.2 Å². The predicted molar refractivity (Wildman–Crippen MR) is 79.3 cm³/mol. The van der Waals surface area contributed by atoms with Crippen LogP contribution < -0.4 is 5.32 Å². The number of hydrogen-bond acceptors (Lipinski definition) is 4. The van der Waals surface area contributed by atoms with Crippen molar-refractivity contribution in [2.24, 2.45) is 0 Å². The lowest BCUT2D eigenvalue weighted by Crippen LogP contribution is -2.64. The molecule has 4 rings (SSSR count). The molecule has 0 radical (unpaired) electrons. The minimum Gasteiger partial charge on any atom is -0.336 e. The number of carbonyl (C=O) groups is 2. The molecule has 0 aromatic carbocycles. The molecule has 2 fully saturated rings. The maximum Gasteiger partial charge on any atom is 0.328 e. The second-order valence-corrected chi connectivity index (χ2v) is 6.82. The van der Waals surface area contributed by atoms with Crippen LogP contribution >= 0.6 is 11.3 Å². The Kier molecular flexibility index (Phi) is 3.11. The number of amides is 4. The van der Waals surface area contributed by atoms with E-state index >= 15 is 0 Å². The Bertz CT molecular complexity index is 581. The molecule has 1 aromatic rings. The molecule has 7 heteroatoms. The van der Waals surface area contributed by atoms with Crippen molar-refractivity contribution in [1.29, 1.82) is 0 Å². The van der Waals surface area contributed by atoms with E-state index in [4.69, 9.17) is 0 Å². The van der Waals surface area contributed by atoms with Crippen molar-refractivity contribution in [3.8, 4) is 0 Å². The Morgan fingerprint density at radius 1 is 1.33 bits per heavy atom. The van der Waals surface area contributed by atoms with Crippen LogP contribution in [0.1, 0.15) is 10.4 Å². The molecule has 4 heterocycles.